The fraction of sp³-hybridized carbons (Fsp3) is 0.381. The van der Waals surface area contributed by atoms with Crippen molar-refractivity contribution in [3.63, 3.8) is 0 Å². The second-order valence-electron chi connectivity index (χ2n) is 7.44. The zero-order valence-corrected chi connectivity index (χ0v) is 15.8. The molecular weight excluding hydrogens is 340 g/mol. The Morgan fingerprint density at radius 3 is 2.89 bits per heavy atom. The first-order chi connectivity index (χ1) is 13.1. The van der Waals surface area contributed by atoms with E-state index in [1.54, 1.807) is 16.9 Å². The van der Waals surface area contributed by atoms with Gasteiger partial charge in [-0.15, -0.1) is 0 Å². The van der Waals surface area contributed by atoms with E-state index in [2.05, 4.69) is 46.2 Å². The standard InChI is InChI=1S/C21H24N4O2/c1-16-18(13-22-19-9-11-23-25(16)19)20(26)27-15-21(2)10-6-12-24(21)14-17-7-4-3-5-8-17/h3-5,7-9,11,13H,6,10,12,14-15H2,1-2H3. The van der Waals surface area contributed by atoms with Crippen LogP contribution in [0.3, 0.4) is 0 Å². The minimum absolute atomic E-state index is 0.150. The van der Waals surface area contributed by atoms with Crippen molar-refractivity contribution in [1.29, 1.82) is 0 Å². The third-order valence-electron chi connectivity index (χ3n) is 5.51. The van der Waals surface area contributed by atoms with Crippen LogP contribution in [0.2, 0.25) is 0 Å². The molecule has 1 aliphatic heterocycles. The van der Waals surface area contributed by atoms with Gasteiger partial charge >= 0.3 is 5.97 Å². The molecular formula is C21H24N4O2. The molecule has 1 aromatic carbocycles. The summed E-state index contributed by atoms with van der Waals surface area (Å²) in [4.78, 5) is 19.4. The lowest BCUT2D eigenvalue weighted by Gasteiger charge is -2.34. The first-order valence-corrected chi connectivity index (χ1v) is 9.32. The molecule has 4 rings (SSSR count). The number of likely N-dealkylation sites (tertiary alicyclic amines) is 1. The Hall–Kier alpha value is -2.73. The van der Waals surface area contributed by atoms with Crippen molar-refractivity contribution in [3.05, 3.63) is 65.6 Å². The van der Waals surface area contributed by atoms with Gasteiger partial charge in [-0.1, -0.05) is 30.3 Å². The predicted molar refractivity (Wildman–Crippen MR) is 102 cm³/mol. The molecule has 1 atom stereocenters. The Kier molecular flexibility index (Phi) is 4.66. The third kappa shape index (κ3) is 3.45. The lowest BCUT2D eigenvalue weighted by Crippen LogP contribution is -2.45. The molecule has 3 heterocycles. The smallest absolute Gasteiger partial charge is 0.341 e. The lowest BCUT2D eigenvalue weighted by atomic mass is 9.99. The fourth-order valence-electron chi connectivity index (χ4n) is 3.81. The lowest BCUT2D eigenvalue weighted by molar-refractivity contribution is 0.0178. The van der Waals surface area contributed by atoms with Crippen molar-refractivity contribution >= 4 is 11.6 Å². The van der Waals surface area contributed by atoms with Crippen molar-refractivity contribution in [3.8, 4) is 0 Å². The predicted octanol–water partition coefficient (Wildman–Crippen LogP) is 3.25. The summed E-state index contributed by atoms with van der Waals surface area (Å²) >= 11 is 0. The van der Waals surface area contributed by atoms with Crippen LogP contribution in [0.1, 0.15) is 41.4 Å². The van der Waals surface area contributed by atoms with Crippen molar-refractivity contribution in [2.45, 2.75) is 38.8 Å². The summed E-state index contributed by atoms with van der Waals surface area (Å²) < 4.78 is 7.39. The Balaban J connectivity index is 1.46. The molecule has 0 amide bonds. The minimum Gasteiger partial charge on any atom is -0.460 e. The maximum Gasteiger partial charge on any atom is 0.341 e. The Labute approximate surface area is 158 Å². The molecule has 2 aromatic heterocycles. The maximum atomic E-state index is 12.7. The van der Waals surface area contributed by atoms with Crippen molar-refractivity contribution in [2.24, 2.45) is 0 Å². The van der Waals surface area contributed by atoms with Gasteiger partial charge in [0.25, 0.3) is 0 Å². The van der Waals surface area contributed by atoms with Gasteiger partial charge in [0.15, 0.2) is 5.65 Å². The summed E-state index contributed by atoms with van der Waals surface area (Å²) in [5.74, 6) is -0.342. The van der Waals surface area contributed by atoms with E-state index in [4.69, 9.17) is 4.74 Å². The average molecular weight is 364 g/mol. The number of ether oxygens (including phenoxy) is 1. The van der Waals surface area contributed by atoms with Gasteiger partial charge in [-0.05, 0) is 38.8 Å². The van der Waals surface area contributed by atoms with E-state index >= 15 is 0 Å². The number of rotatable bonds is 5. The van der Waals surface area contributed by atoms with Crippen LogP contribution >= 0.6 is 0 Å². The zero-order valence-electron chi connectivity index (χ0n) is 15.8. The molecule has 3 aromatic rings. The van der Waals surface area contributed by atoms with Gasteiger partial charge in [0.1, 0.15) is 6.61 Å². The molecule has 0 saturated carbocycles. The summed E-state index contributed by atoms with van der Waals surface area (Å²) in [5.41, 5.74) is 3.06. The quantitative estimate of drug-likeness (QED) is 0.651. The molecule has 1 aliphatic rings. The van der Waals surface area contributed by atoms with E-state index < -0.39 is 0 Å². The van der Waals surface area contributed by atoms with Crippen LogP contribution in [0.15, 0.2) is 48.8 Å². The first kappa shape index (κ1) is 17.7. The van der Waals surface area contributed by atoms with Gasteiger partial charge in [-0.25, -0.2) is 14.3 Å². The molecule has 6 heteroatoms. The molecule has 0 spiro atoms. The number of benzene rings is 1. The van der Waals surface area contributed by atoms with E-state index in [0.717, 1.165) is 37.3 Å². The summed E-state index contributed by atoms with van der Waals surface area (Å²) in [7, 11) is 0. The van der Waals surface area contributed by atoms with E-state index in [1.165, 1.54) is 5.56 Å². The van der Waals surface area contributed by atoms with Crippen molar-refractivity contribution in [2.75, 3.05) is 13.2 Å². The van der Waals surface area contributed by atoms with E-state index in [9.17, 15) is 4.79 Å². The second-order valence-corrected chi connectivity index (χ2v) is 7.44. The summed E-state index contributed by atoms with van der Waals surface area (Å²) in [6.45, 7) is 6.29. The topological polar surface area (TPSA) is 59.7 Å². The molecule has 0 bridgehead atoms. The fourth-order valence-corrected chi connectivity index (χ4v) is 3.81. The molecule has 27 heavy (non-hydrogen) atoms. The molecule has 0 radical (unpaired) electrons. The van der Waals surface area contributed by atoms with Gasteiger partial charge in [-0.3, -0.25) is 4.90 Å². The minimum atomic E-state index is -0.342. The van der Waals surface area contributed by atoms with Gasteiger partial charge in [0.2, 0.25) is 0 Å². The van der Waals surface area contributed by atoms with Crippen LogP contribution in [0, 0.1) is 6.92 Å². The normalized spacial score (nSPS) is 20.2. The molecule has 0 aliphatic carbocycles. The summed E-state index contributed by atoms with van der Waals surface area (Å²) in [5, 5.41) is 4.21. The number of carbonyl (C=O) groups excluding carboxylic acids is 1. The zero-order chi connectivity index (χ0) is 18.9. The van der Waals surface area contributed by atoms with Gasteiger partial charge in [0.05, 0.1) is 23.0 Å². The number of esters is 1. The molecule has 140 valence electrons. The van der Waals surface area contributed by atoms with Gasteiger partial charge < -0.3 is 4.74 Å². The van der Waals surface area contributed by atoms with Crippen LogP contribution < -0.4 is 0 Å². The van der Waals surface area contributed by atoms with Crippen LogP contribution in [-0.4, -0.2) is 44.2 Å². The Bertz CT molecular complexity index is 953. The highest BCUT2D eigenvalue weighted by Crippen LogP contribution is 2.31. The molecule has 6 nitrogen and oxygen atoms in total. The number of hydrogen-bond acceptors (Lipinski definition) is 5. The third-order valence-corrected chi connectivity index (χ3v) is 5.51. The van der Waals surface area contributed by atoms with Crippen LogP contribution in [0.5, 0.6) is 0 Å². The number of hydrogen-bond donors (Lipinski definition) is 0. The highest BCUT2D eigenvalue weighted by molar-refractivity contribution is 5.90. The van der Waals surface area contributed by atoms with E-state index in [0.29, 0.717) is 12.2 Å². The van der Waals surface area contributed by atoms with Crippen molar-refractivity contribution < 1.29 is 9.53 Å². The largest absolute Gasteiger partial charge is 0.460 e. The van der Waals surface area contributed by atoms with Gasteiger partial charge in [0, 0.05) is 18.8 Å². The molecule has 1 fully saturated rings. The number of nitrogens with zero attached hydrogens (tertiary/aromatic N) is 4. The van der Waals surface area contributed by atoms with Gasteiger partial charge in [-0.2, -0.15) is 5.10 Å². The number of fused-ring (bicyclic) bond motifs is 1. The highest BCUT2D eigenvalue weighted by atomic mass is 16.5. The van der Waals surface area contributed by atoms with Crippen LogP contribution in [-0.2, 0) is 11.3 Å². The number of aromatic nitrogens is 3. The second kappa shape index (κ2) is 7.12. The highest BCUT2D eigenvalue weighted by Gasteiger charge is 2.38. The van der Waals surface area contributed by atoms with Crippen LogP contribution in [0.25, 0.3) is 5.65 Å². The average Bonchev–Trinajstić information content (AvgIpc) is 3.29. The van der Waals surface area contributed by atoms with E-state index in [1.807, 2.05) is 19.1 Å². The Morgan fingerprint density at radius 1 is 1.26 bits per heavy atom. The SMILES string of the molecule is Cc1c(C(=O)OCC2(C)CCCN2Cc2ccccc2)cnc2ccnn12. The maximum absolute atomic E-state index is 12.7. The van der Waals surface area contributed by atoms with Crippen molar-refractivity contribution in [1.82, 2.24) is 19.5 Å². The monoisotopic (exact) mass is 364 g/mol. The van der Waals surface area contributed by atoms with Crippen LogP contribution in [0.4, 0.5) is 0 Å². The number of aryl methyl sites for hydroxylation is 1. The molecule has 1 saturated heterocycles. The Morgan fingerprint density at radius 2 is 2.07 bits per heavy atom. The summed E-state index contributed by atoms with van der Waals surface area (Å²) in [6, 6.07) is 12.2. The molecule has 1 unspecified atom stereocenters. The van der Waals surface area contributed by atoms with E-state index in [-0.39, 0.29) is 11.5 Å². The molecule has 0 N–H and O–H groups in total. The number of carbonyl (C=O) groups is 1. The first-order valence-electron chi connectivity index (χ1n) is 9.32. The summed E-state index contributed by atoms with van der Waals surface area (Å²) in [6.07, 6.45) is 5.38.